The standard InChI is InChI=1S/C17H28N2O5S/c1-12-7-5-6-8-17(12,11-18)19-25(20,21)16-14(23-3)9-13(22-2)10-15(16)24-4/h9-10,12,19H,5-8,11,18H2,1-4H3. The quantitative estimate of drug-likeness (QED) is 0.758. The van der Waals surface area contributed by atoms with E-state index in [-0.39, 0.29) is 28.9 Å². The highest BCUT2D eigenvalue weighted by atomic mass is 32.2. The fourth-order valence-corrected chi connectivity index (χ4v) is 5.31. The van der Waals surface area contributed by atoms with Crippen LogP contribution in [0.4, 0.5) is 0 Å². The van der Waals surface area contributed by atoms with Crippen molar-refractivity contribution in [3.8, 4) is 17.2 Å². The van der Waals surface area contributed by atoms with Crippen molar-refractivity contribution in [1.29, 1.82) is 0 Å². The monoisotopic (exact) mass is 372 g/mol. The van der Waals surface area contributed by atoms with Crippen molar-refractivity contribution in [2.45, 2.75) is 43.0 Å². The van der Waals surface area contributed by atoms with E-state index in [9.17, 15) is 8.42 Å². The average molecular weight is 372 g/mol. The Bertz CT molecular complexity index is 682. The predicted octanol–water partition coefficient (Wildman–Crippen LogP) is 1.90. The molecule has 142 valence electrons. The van der Waals surface area contributed by atoms with E-state index in [0.717, 1.165) is 19.3 Å². The van der Waals surface area contributed by atoms with E-state index in [4.69, 9.17) is 19.9 Å². The number of sulfonamides is 1. The Morgan fingerprint density at radius 1 is 1.16 bits per heavy atom. The van der Waals surface area contributed by atoms with Gasteiger partial charge in [0.15, 0.2) is 4.90 Å². The molecule has 25 heavy (non-hydrogen) atoms. The van der Waals surface area contributed by atoms with Gasteiger partial charge in [-0.1, -0.05) is 19.8 Å². The Kier molecular flexibility index (Phi) is 6.18. The molecule has 1 saturated carbocycles. The van der Waals surface area contributed by atoms with Crippen LogP contribution in [0.15, 0.2) is 17.0 Å². The van der Waals surface area contributed by atoms with Crippen molar-refractivity contribution in [2.24, 2.45) is 11.7 Å². The summed E-state index contributed by atoms with van der Waals surface area (Å²) in [4.78, 5) is -0.0381. The number of hydrogen-bond donors (Lipinski definition) is 2. The van der Waals surface area contributed by atoms with Crippen LogP contribution >= 0.6 is 0 Å². The lowest BCUT2D eigenvalue weighted by molar-refractivity contribution is 0.191. The minimum absolute atomic E-state index is 0.0381. The summed E-state index contributed by atoms with van der Waals surface area (Å²) >= 11 is 0. The van der Waals surface area contributed by atoms with Gasteiger partial charge in [0.25, 0.3) is 0 Å². The third kappa shape index (κ3) is 3.86. The molecule has 0 aromatic heterocycles. The molecule has 1 aromatic carbocycles. The molecule has 2 unspecified atom stereocenters. The number of methoxy groups -OCH3 is 3. The normalized spacial score (nSPS) is 24.0. The molecule has 1 aromatic rings. The van der Waals surface area contributed by atoms with E-state index in [2.05, 4.69) is 4.72 Å². The van der Waals surface area contributed by atoms with Gasteiger partial charge in [0.05, 0.1) is 21.3 Å². The Morgan fingerprint density at radius 2 is 1.76 bits per heavy atom. The van der Waals surface area contributed by atoms with Gasteiger partial charge in [0, 0.05) is 24.2 Å². The van der Waals surface area contributed by atoms with Gasteiger partial charge in [0.1, 0.15) is 17.2 Å². The maximum atomic E-state index is 13.2. The highest BCUT2D eigenvalue weighted by molar-refractivity contribution is 7.89. The average Bonchev–Trinajstić information content (AvgIpc) is 2.62. The first-order chi connectivity index (χ1) is 11.8. The Morgan fingerprint density at radius 3 is 2.20 bits per heavy atom. The first-order valence-electron chi connectivity index (χ1n) is 8.37. The fourth-order valence-electron chi connectivity index (χ4n) is 3.47. The van der Waals surface area contributed by atoms with Crippen molar-refractivity contribution in [3.05, 3.63) is 12.1 Å². The van der Waals surface area contributed by atoms with E-state index in [1.54, 1.807) is 0 Å². The molecule has 0 radical (unpaired) electrons. The topological polar surface area (TPSA) is 99.9 Å². The number of nitrogens with two attached hydrogens (primary N) is 1. The molecule has 0 bridgehead atoms. The smallest absolute Gasteiger partial charge is 0.248 e. The maximum absolute atomic E-state index is 13.2. The third-order valence-electron chi connectivity index (χ3n) is 5.09. The van der Waals surface area contributed by atoms with Crippen molar-refractivity contribution in [1.82, 2.24) is 4.72 Å². The molecule has 0 heterocycles. The largest absolute Gasteiger partial charge is 0.496 e. The van der Waals surface area contributed by atoms with Gasteiger partial charge in [-0.15, -0.1) is 0 Å². The van der Waals surface area contributed by atoms with E-state index >= 15 is 0 Å². The lowest BCUT2D eigenvalue weighted by Crippen LogP contribution is -2.59. The van der Waals surface area contributed by atoms with E-state index in [0.29, 0.717) is 12.2 Å². The third-order valence-corrected chi connectivity index (χ3v) is 6.71. The zero-order valence-electron chi connectivity index (χ0n) is 15.3. The van der Waals surface area contributed by atoms with Gasteiger partial charge in [-0.3, -0.25) is 0 Å². The zero-order valence-corrected chi connectivity index (χ0v) is 16.1. The molecule has 0 aliphatic heterocycles. The van der Waals surface area contributed by atoms with Crippen LogP contribution in [0.1, 0.15) is 32.6 Å². The minimum atomic E-state index is -3.91. The summed E-state index contributed by atoms with van der Waals surface area (Å²) in [6.45, 7) is 2.28. The van der Waals surface area contributed by atoms with Crippen molar-refractivity contribution in [2.75, 3.05) is 27.9 Å². The summed E-state index contributed by atoms with van der Waals surface area (Å²) < 4.78 is 45.0. The summed E-state index contributed by atoms with van der Waals surface area (Å²) in [6, 6.07) is 3.05. The lowest BCUT2D eigenvalue weighted by Gasteiger charge is -2.42. The molecule has 0 amide bonds. The van der Waals surface area contributed by atoms with Crippen molar-refractivity contribution < 1.29 is 22.6 Å². The highest BCUT2D eigenvalue weighted by Crippen LogP contribution is 2.40. The first kappa shape index (κ1) is 19.8. The second-order valence-corrected chi connectivity index (χ2v) is 8.09. The maximum Gasteiger partial charge on any atom is 0.248 e. The zero-order chi connectivity index (χ0) is 18.7. The van der Waals surface area contributed by atoms with Crippen LogP contribution in [-0.4, -0.2) is 41.8 Å². The summed E-state index contributed by atoms with van der Waals surface area (Å²) in [5.74, 6) is 0.933. The molecule has 2 rings (SSSR count). The highest BCUT2D eigenvalue weighted by Gasteiger charge is 2.42. The van der Waals surface area contributed by atoms with Crippen LogP contribution in [0.25, 0.3) is 0 Å². The summed E-state index contributed by atoms with van der Waals surface area (Å²) in [7, 11) is 0.408. The van der Waals surface area contributed by atoms with Crippen LogP contribution in [0.5, 0.6) is 17.2 Å². The SMILES string of the molecule is COc1cc(OC)c(S(=O)(=O)NC2(CN)CCCCC2C)c(OC)c1. The molecular weight excluding hydrogens is 344 g/mol. The second kappa shape index (κ2) is 7.80. The summed E-state index contributed by atoms with van der Waals surface area (Å²) in [5, 5.41) is 0. The second-order valence-electron chi connectivity index (χ2n) is 6.47. The lowest BCUT2D eigenvalue weighted by atomic mass is 9.74. The number of rotatable bonds is 7. The van der Waals surface area contributed by atoms with Gasteiger partial charge in [-0.25, -0.2) is 13.1 Å². The predicted molar refractivity (Wildman–Crippen MR) is 95.8 cm³/mol. The molecule has 8 heteroatoms. The van der Waals surface area contributed by atoms with Crippen LogP contribution < -0.4 is 24.7 Å². The summed E-state index contributed by atoms with van der Waals surface area (Å²) in [6.07, 6.45) is 3.68. The molecular formula is C17H28N2O5S. The van der Waals surface area contributed by atoms with Crippen LogP contribution in [0, 0.1) is 5.92 Å². The number of benzene rings is 1. The van der Waals surface area contributed by atoms with Gasteiger partial charge in [-0.2, -0.15) is 0 Å². The molecule has 0 spiro atoms. The number of hydrogen-bond acceptors (Lipinski definition) is 6. The van der Waals surface area contributed by atoms with Crippen molar-refractivity contribution >= 4 is 10.0 Å². The van der Waals surface area contributed by atoms with Crippen molar-refractivity contribution in [3.63, 3.8) is 0 Å². The van der Waals surface area contributed by atoms with E-state index in [1.165, 1.54) is 33.5 Å². The van der Waals surface area contributed by atoms with Crippen LogP contribution in [0.3, 0.4) is 0 Å². The Hall–Kier alpha value is -1.51. The fraction of sp³-hybridized carbons (Fsp3) is 0.647. The van der Waals surface area contributed by atoms with E-state index < -0.39 is 15.6 Å². The first-order valence-corrected chi connectivity index (χ1v) is 9.86. The molecule has 0 saturated heterocycles. The van der Waals surface area contributed by atoms with Crippen LogP contribution in [0.2, 0.25) is 0 Å². The molecule has 1 fully saturated rings. The Labute approximate surface area is 149 Å². The van der Waals surface area contributed by atoms with Gasteiger partial charge in [-0.05, 0) is 18.8 Å². The number of nitrogens with one attached hydrogen (secondary N) is 1. The summed E-state index contributed by atoms with van der Waals surface area (Å²) in [5.41, 5.74) is 5.33. The van der Waals surface area contributed by atoms with E-state index in [1.807, 2.05) is 6.92 Å². The van der Waals surface area contributed by atoms with Gasteiger partial charge >= 0.3 is 0 Å². The van der Waals surface area contributed by atoms with Crippen LogP contribution in [-0.2, 0) is 10.0 Å². The molecule has 1 aliphatic carbocycles. The minimum Gasteiger partial charge on any atom is -0.496 e. The molecule has 1 aliphatic rings. The van der Waals surface area contributed by atoms with Gasteiger partial charge in [0.2, 0.25) is 10.0 Å². The molecule has 7 nitrogen and oxygen atoms in total. The Balaban J connectivity index is 2.52. The number of ether oxygens (including phenoxy) is 3. The molecule has 2 atom stereocenters. The van der Waals surface area contributed by atoms with Gasteiger partial charge < -0.3 is 19.9 Å². The molecule has 3 N–H and O–H groups in total.